The van der Waals surface area contributed by atoms with Crippen LogP contribution in [0.1, 0.15) is 21.5 Å². The normalized spacial score (nSPS) is 10.5. The second-order valence-electron chi connectivity index (χ2n) is 5.38. The van der Waals surface area contributed by atoms with Crippen molar-refractivity contribution in [3.8, 4) is 11.8 Å². The lowest BCUT2D eigenvalue weighted by Crippen LogP contribution is -2.08. The fourth-order valence-electron chi connectivity index (χ4n) is 2.14. The number of aliphatic imine (C=N–C) groups is 1. The van der Waals surface area contributed by atoms with E-state index < -0.39 is 5.97 Å². The monoisotopic (exact) mass is 404 g/mol. The van der Waals surface area contributed by atoms with Gasteiger partial charge in [0.1, 0.15) is 5.75 Å². The van der Waals surface area contributed by atoms with Crippen LogP contribution in [0.15, 0.2) is 82.3 Å². The Bertz CT molecular complexity index is 971. The number of ether oxygens (including phenoxy) is 1. The molecule has 0 aliphatic carbocycles. The molecule has 0 amide bonds. The molecule has 0 unspecified atom stereocenters. The van der Waals surface area contributed by atoms with Gasteiger partial charge in [-0.3, -0.25) is 4.99 Å². The van der Waals surface area contributed by atoms with Crippen LogP contribution in [-0.4, -0.2) is 12.2 Å². The third kappa shape index (κ3) is 4.65. The number of hydrogen-bond donors (Lipinski definition) is 0. The van der Waals surface area contributed by atoms with Crippen LogP contribution in [0.5, 0.6) is 5.75 Å². The summed E-state index contributed by atoms with van der Waals surface area (Å²) in [6.07, 6.45) is 1.77. The summed E-state index contributed by atoms with van der Waals surface area (Å²) in [5.74, 6) is -0.0393. The van der Waals surface area contributed by atoms with Crippen molar-refractivity contribution in [3.05, 3.63) is 94.0 Å². The first kappa shape index (κ1) is 17.6. The molecular formula is C21H13BrN2O2. The summed E-state index contributed by atoms with van der Waals surface area (Å²) in [5, 5.41) is 8.78. The number of hydrogen-bond acceptors (Lipinski definition) is 4. The molecular weight excluding hydrogens is 392 g/mol. The van der Waals surface area contributed by atoms with Crippen LogP contribution in [0.3, 0.4) is 0 Å². The Balaban J connectivity index is 1.64. The molecule has 0 saturated heterocycles. The molecule has 3 rings (SSSR count). The van der Waals surface area contributed by atoms with E-state index in [0.717, 1.165) is 15.7 Å². The Kier molecular flexibility index (Phi) is 5.57. The molecule has 5 heteroatoms. The standard InChI is InChI=1S/C21H13BrN2O2/c22-18-7-3-16(4-8-18)14-24-19-9-11-20(12-10-19)26-21(25)17-5-1-15(13-23)2-6-17/h1-12,14H. The smallest absolute Gasteiger partial charge is 0.343 e. The third-order valence-corrected chi connectivity index (χ3v) is 4.06. The topological polar surface area (TPSA) is 62.5 Å². The molecule has 126 valence electrons. The number of halogens is 1. The molecule has 0 atom stereocenters. The molecule has 0 N–H and O–H groups in total. The molecule has 0 aliphatic rings. The summed E-state index contributed by atoms with van der Waals surface area (Å²) in [7, 11) is 0. The van der Waals surface area contributed by atoms with E-state index in [1.54, 1.807) is 54.7 Å². The Morgan fingerprint density at radius 3 is 2.23 bits per heavy atom. The lowest BCUT2D eigenvalue weighted by molar-refractivity contribution is 0.0735. The number of carbonyl (C=O) groups excluding carboxylic acids is 1. The fourth-order valence-corrected chi connectivity index (χ4v) is 2.41. The molecule has 3 aromatic rings. The second-order valence-corrected chi connectivity index (χ2v) is 6.30. The SMILES string of the molecule is N#Cc1ccc(C(=O)Oc2ccc(N=Cc3ccc(Br)cc3)cc2)cc1. The van der Waals surface area contributed by atoms with Crippen LogP contribution in [0.4, 0.5) is 5.69 Å². The zero-order valence-corrected chi connectivity index (χ0v) is 15.2. The largest absolute Gasteiger partial charge is 0.423 e. The highest BCUT2D eigenvalue weighted by Crippen LogP contribution is 2.19. The molecule has 0 heterocycles. The minimum absolute atomic E-state index is 0.390. The fraction of sp³-hybridized carbons (Fsp3) is 0. The van der Waals surface area contributed by atoms with E-state index in [0.29, 0.717) is 16.9 Å². The van der Waals surface area contributed by atoms with Crippen molar-refractivity contribution in [2.45, 2.75) is 0 Å². The number of benzene rings is 3. The van der Waals surface area contributed by atoms with Crippen molar-refractivity contribution < 1.29 is 9.53 Å². The highest BCUT2D eigenvalue weighted by molar-refractivity contribution is 9.10. The maximum absolute atomic E-state index is 12.1. The molecule has 0 saturated carbocycles. The molecule has 26 heavy (non-hydrogen) atoms. The van der Waals surface area contributed by atoms with Gasteiger partial charge in [-0.1, -0.05) is 28.1 Å². The molecule has 0 spiro atoms. The number of nitriles is 1. The van der Waals surface area contributed by atoms with Gasteiger partial charge in [-0.05, 0) is 66.2 Å². The predicted octanol–water partition coefficient (Wildman–Crippen LogP) is 5.29. The summed E-state index contributed by atoms with van der Waals surface area (Å²) >= 11 is 3.39. The first-order chi connectivity index (χ1) is 12.6. The maximum atomic E-state index is 12.1. The molecule has 0 fully saturated rings. The number of esters is 1. The molecule has 3 aromatic carbocycles. The lowest BCUT2D eigenvalue weighted by Gasteiger charge is -2.04. The molecule has 0 aromatic heterocycles. The molecule has 0 radical (unpaired) electrons. The van der Waals surface area contributed by atoms with Crippen molar-refractivity contribution in [1.82, 2.24) is 0 Å². The van der Waals surface area contributed by atoms with E-state index in [2.05, 4.69) is 20.9 Å². The van der Waals surface area contributed by atoms with E-state index in [1.807, 2.05) is 30.3 Å². The van der Waals surface area contributed by atoms with Gasteiger partial charge in [0.25, 0.3) is 0 Å². The van der Waals surface area contributed by atoms with Gasteiger partial charge in [0.15, 0.2) is 0 Å². The van der Waals surface area contributed by atoms with Gasteiger partial charge in [-0.2, -0.15) is 5.26 Å². The van der Waals surface area contributed by atoms with Crippen molar-refractivity contribution in [3.63, 3.8) is 0 Å². The average Bonchev–Trinajstić information content (AvgIpc) is 2.68. The van der Waals surface area contributed by atoms with Crippen LogP contribution in [0, 0.1) is 11.3 Å². The molecule has 0 aliphatic heterocycles. The quantitative estimate of drug-likeness (QED) is 0.337. The van der Waals surface area contributed by atoms with Crippen LogP contribution in [0.2, 0.25) is 0 Å². The van der Waals surface area contributed by atoms with Gasteiger partial charge in [-0.25, -0.2) is 4.79 Å². The highest BCUT2D eigenvalue weighted by atomic mass is 79.9. The highest BCUT2D eigenvalue weighted by Gasteiger charge is 2.08. The molecule has 0 bridgehead atoms. The van der Waals surface area contributed by atoms with Crippen LogP contribution >= 0.6 is 15.9 Å². The van der Waals surface area contributed by atoms with Crippen molar-refractivity contribution >= 4 is 33.8 Å². The summed E-state index contributed by atoms with van der Waals surface area (Å²) in [5.41, 5.74) is 2.63. The van der Waals surface area contributed by atoms with Gasteiger partial charge >= 0.3 is 5.97 Å². The van der Waals surface area contributed by atoms with Crippen LogP contribution in [0.25, 0.3) is 0 Å². The zero-order chi connectivity index (χ0) is 18.4. The Hall–Kier alpha value is -3.23. The summed E-state index contributed by atoms with van der Waals surface area (Å²) < 4.78 is 6.34. The summed E-state index contributed by atoms with van der Waals surface area (Å²) in [6.45, 7) is 0. The van der Waals surface area contributed by atoms with Gasteiger partial charge < -0.3 is 4.74 Å². The Morgan fingerprint density at radius 2 is 1.62 bits per heavy atom. The average molecular weight is 405 g/mol. The van der Waals surface area contributed by atoms with E-state index in [4.69, 9.17) is 10.00 Å². The molecule has 4 nitrogen and oxygen atoms in total. The van der Waals surface area contributed by atoms with Crippen LogP contribution < -0.4 is 4.74 Å². The Labute approximate surface area is 159 Å². The maximum Gasteiger partial charge on any atom is 0.343 e. The number of nitrogens with zero attached hydrogens (tertiary/aromatic N) is 2. The first-order valence-corrected chi connectivity index (χ1v) is 8.55. The van der Waals surface area contributed by atoms with Gasteiger partial charge in [0.05, 0.1) is 22.9 Å². The Morgan fingerprint density at radius 1 is 0.962 bits per heavy atom. The van der Waals surface area contributed by atoms with Gasteiger partial charge in [-0.15, -0.1) is 0 Å². The number of rotatable bonds is 4. The van der Waals surface area contributed by atoms with E-state index in [1.165, 1.54) is 0 Å². The second kappa shape index (κ2) is 8.24. The van der Waals surface area contributed by atoms with E-state index in [9.17, 15) is 4.79 Å². The minimum atomic E-state index is -0.472. The first-order valence-electron chi connectivity index (χ1n) is 7.76. The minimum Gasteiger partial charge on any atom is -0.423 e. The van der Waals surface area contributed by atoms with Gasteiger partial charge in [0.2, 0.25) is 0 Å². The summed E-state index contributed by atoms with van der Waals surface area (Å²) in [4.78, 5) is 16.5. The third-order valence-electron chi connectivity index (χ3n) is 3.53. The van der Waals surface area contributed by atoms with Crippen LogP contribution in [-0.2, 0) is 0 Å². The lowest BCUT2D eigenvalue weighted by atomic mass is 10.1. The zero-order valence-electron chi connectivity index (χ0n) is 13.6. The number of carbonyl (C=O) groups is 1. The van der Waals surface area contributed by atoms with Crippen molar-refractivity contribution in [2.75, 3.05) is 0 Å². The predicted molar refractivity (Wildman–Crippen MR) is 104 cm³/mol. The van der Waals surface area contributed by atoms with Crippen molar-refractivity contribution in [1.29, 1.82) is 5.26 Å². The van der Waals surface area contributed by atoms with Crippen molar-refractivity contribution in [2.24, 2.45) is 4.99 Å². The van der Waals surface area contributed by atoms with E-state index >= 15 is 0 Å². The van der Waals surface area contributed by atoms with Gasteiger partial charge in [0, 0.05) is 10.7 Å². The van der Waals surface area contributed by atoms with E-state index in [-0.39, 0.29) is 0 Å². The summed E-state index contributed by atoms with van der Waals surface area (Å²) in [6, 6.07) is 23.1.